The van der Waals surface area contributed by atoms with Gasteiger partial charge in [-0.05, 0) is 36.8 Å². The summed E-state index contributed by atoms with van der Waals surface area (Å²) < 4.78 is 5.78. The molecule has 0 saturated carbocycles. The molecule has 0 aromatic heterocycles. The van der Waals surface area contributed by atoms with Crippen molar-refractivity contribution in [2.24, 2.45) is 0 Å². The number of anilines is 2. The SMILES string of the molecule is CCCOc1ccccc1CNc1ccc(N(C)C)cc1. The zero-order valence-electron chi connectivity index (χ0n) is 13.1. The fourth-order valence-electron chi connectivity index (χ4n) is 2.08. The minimum Gasteiger partial charge on any atom is -0.493 e. The predicted octanol–water partition coefficient (Wildman–Crippen LogP) is 4.15. The lowest BCUT2D eigenvalue weighted by atomic mass is 10.2. The van der Waals surface area contributed by atoms with E-state index in [4.69, 9.17) is 4.74 Å². The fraction of sp³-hybridized carbons (Fsp3) is 0.333. The zero-order valence-corrected chi connectivity index (χ0v) is 13.1. The van der Waals surface area contributed by atoms with Gasteiger partial charge in [-0.2, -0.15) is 0 Å². The van der Waals surface area contributed by atoms with E-state index in [0.717, 1.165) is 31.0 Å². The summed E-state index contributed by atoms with van der Waals surface area (Å²) in [4.78, 5) is 2.09. The highest BCUT2D eigenvalue weighted by Gasteiger charge is 2.03. The zero-order chi connectivity index (χ0) is 15.1. The van der Waals surface area contributed by atoms with Gasteiger partial charge in [0.1, 0.15) is 5.75 Å². The molecule has 2 aromatic rings. The standard InChI is InChI=1S/C18H24N2O/c1-4-13-21-18-8-6-5-7-15(18)14-19-16-9-11-17(12-10-16)20(2)3/h5-12,19H,4,13-14H2,1-3H3. The monoisotopic (exact) mass is 284 g/mol. The van der Waals surface area contributed by atoms with Crippen LogP contribution >= 0.6 is 0 Å². The van der Waals surface area contributed by atoms with Crippen LogP contribution in [0.25, 0.3) is 0 Å². The Kier molecular flexibility index (Phi) is 5.50. The molecule has 0 fully saturated rings. The second-order valence-corrected chi connectivity index (χ2v) is 5.25. The molecule has 0 aliphatic carbocycles. The molecule has 21 heavy (non-hydrogen) atoms. The number of benzene rings is 2. The first-order chi connectivity index (χ1) is 10.2. The molecule has 112 valence electrons. The van der Waals surface area contributed by atoms with E-state index >= 15 is 0 Å². The highest BCUT2D eigenvalue weighted by molar-refractivity contribution is 5.54. The fourth-order valence-corrected chi connectivity index (χ4v) is 2.08. The first-order valence-corrected chi connectivity index (χ1v) is 7.42. The van der Waals surface area contributed by atoms with Crippen molar-refractivity contribution in [1.29, 1.82) is 0 Å². The highest BCUT2D eigenvalue weighted by atomic mass is 16.5. The van der Waals surface area contributed by atoms with Gasteiger partial charge in [0.15, 0.2) is 0 Å². The molecule has 0 radical (unpaired) electrons. The van der Waals surface area contributed by atoms with E-state index in [9.17, 15) is 0 Å². The first-order valence-electron chi connectivity index (χ1n) is 7.42. The summed E-state index contributed by atoms with van der Waals surface area (Å²) in [5.74, 6) is 0.969. The van der Waals surface area contributed by atoms with Crippen LogP contribution in [0.2, 0.25) is 0 Å². The molecule has 0 amide bonds. The van der Waals surface area contributed by atoms with Gasteiger partial charge in [0.2, 0.25) is 0 Å². The van der Waals surface area contributed by atoms with E-state index in [0.29, 0.717) is 0 Å². The molecular formula is C18H24N2O. The third-order valence-corrected chi connectivity index (χ3v) is 3.30. The normalized spacial score (nSPS) is 10.2. The smallest absolute Gasteiger partial charge is 0.124 e. The molecule has 3 heteroatoms. The first kappa shape index (κ1) is 15.2. The Bertz CT molecular complexity index is 549. The van der Waals surface area contributed by atoms with Gasteiger partial charge in [0.05, 0.1) is 6.61 Å². The average molecular weight is 284 g/mol. The summed E-state index contributed by atoms with van der Waals surface area (Å²) in [6, 6.07) is 16.6. The van der Waals surface area contributed by atoms with Crippen LogP contribution in [0.3, 0.4) is 0 Å². The molecule has 0 spiro atoms. The van der Waals surface area contributed by atoms with Crippen LogP contribution in [0.1, 0.15) is 18.9 Å². The van der Waals surface area contributed by atoms with Crippen LogP contribution in [0.5, 0.6) is 5.75 Å². The third kappa shape index (κ3) is 4.42. The highest BCUT2D eigenvalue weighted by Crippen LogP contribution is 2.21. The molecule has 1 N–H and O–H groups in total. The van der Waals surface area contributed by atoms with Gasteiger partial charge >= 0.3 is 0 Å². The van der Waals surface area contributed by atoms with Crippen molar-refractivity contribution in [3.05, 3.63) is 54.1 Å². The Morgan fingerprint density at radius 2 is 1.71 bits per heavy atom. The number of hydrogen-bond acceptors (Lipinski definition) is 3. The minimum atomic E-state index is 0.758. The Morgan fingerprint density at radius 1 is 1.00 bits per heavy atom. The number of hydrogen-bond donors (Lipinski definition) is 1. The van der Waals surface area contributed by atoms with Crippen molar-refractivity contribution < 1.29 is 4.74 Å². The van der Waals surface area contributed by atoms with Crippen molar-refractivity contribution in [3.8, 4) is 5.75 Å². The van der Waals surface area contributed by atoms with Crippen LogP contribution in [0, 0.1) is 0 Å². The van der Waals surface area contributed by atoms with E-state index in [-0.39, 0.29) is 0 Å². The van der Waals surface area contributed by atoms with Crippen LogP contribution < -0.4 is 15.0 Å². The maximum Gasteiger partial charge on any atom is 0.124 e. The lowest BCUT2D eigenvalue weighted by molar-refractivity contribution is 0.314. The molecule has 2 rings (SSSR count). The number of nitrogens with one attached hydrogen (secondary N) is 1. The van der Waals surface area contributed by atoms with Crippen LogP contribution in [-0.2, 0) is 6.54 Å². The van der Waals surface area contributed by atoms with Crippen LogP contribution in [0.15, 0.2) is 48.5 Å². The Labute approximate surface area is 127 Å². The average Bonchev–Trinajstić information content (AvgIpc) is 2.52. The molecule has 0 aliphatic rings. The summed E-state index contributed by atoms with van der Waals surface area (Å²) in [5.41, 5.74) is 3.50. The molecule has 0 aliphatic heterocycles. The summed E-state index contributed by atoms with van der Waals surface area (Å²) in [5, 5.41) is 3.45. The second-order valence-electron chi connectivity index (χ2n) is 5.25. The van der Waals surface area contributed by atoms with E-state index in [1.165, 1.54) is 11.3 Å². The van der Waals surface area contributed by atoms with Crippen LogP contribution in [-0.4, -0.2) is 20.7 Å². The van der Waals surface area contributed by atoms with Crippen molar-refractivity contribution in [3.63, 3.8) is 0 Å². The molecule has 0 atom stereocenters. The maximum atomic E-state index is 5.78. The summed E-state index contributed by atoms with van der Waals surface area (Å²) in [6.45, 7) is 3.64. The molecule has 0 unspecified atom stereocenters. The minimum absolute atomic E-state index is 0.758. The summed E-state index contributed by atoms with van der Waals surface area (Å²) >= 11 is 0. The number of nitrogens with zero attached hydrogens (tertiary/aromatic N) is 1. The Balaban J connectivity index is 1.99. The molecule has 0 heterocycles. The topological polar surface area (TPSA) is 24.5 Å². The predicted molar refractivity (Wildman–Crippen MR) is 90.3 cm³/mol. The quantitative estimate of drug-likeness (QED) is 0.826. The Morgan fingerprint density at radius 3 is 2.38 bits per heavy atom. The van der Waals surface area contributed by atoms with E-state index in [1.54, 1.807) is 0 Å². The molecular weight excluding hydrogens is 260 g/mol. The summed E-state index contributed by atoms with van der Waals surface area (Å²) in [7, 11) is 4.09. The van der Waals surface area contributed by atoms with E-state index in [1.807, 2.05) is 32.3 Å². The maximum absolute atomic E-state index is 5.78. The van der Waals surface area contributed by atoms with Crippen molar-refractivity contribution in [1.82, 2.24) is 0 Å². The lowest BCUT2D eigenvalue weighted by Gasteiger charge is -2.14. The number of rotatable bonds is 7. The molecule has 0 saturated heterocycles. The van der Waals surface area contributed by atoms with E-state index in [2.05, 4.69) is 47.5 Å². The van der Waals surface area contributed by atoms with Crippen molar-refractivity contribution in [2.45, 2.75) is 19.9 Å². The second kappa shape index (κ2) is 7.58. The van der Waals surface area contributed by atoms with Gasteiger partial charge in [-0.25, -0.2) is 0 Å². The van der Waals surface area contributed by atoms with Gasteiger partial charge in [-0.1, -0.05) is 25.1 Å². The third-order valence-electron chi connectivity index (χ3n) is 3.30. The van der Waals surface area contributed by atoms with Gasteiger partial charge in [0.25, 0.3) is 0 Å². The van der Waals surface area contributed by atoms with Gasteiger partial charge < -0.3 is 15.0 Å². The molecule has 0 bridgehead atoms. The van der Waals surface area contributed by atoms with Crippen molar-refractivity contribution in [2.75, 3.05) is 30.9 Å². The van der Waals surface area contributed by atoms with Crippen LogP contribution in [0.4, 0.5) is 11.4 Å². The van der Waals surface area contributed by atoms with Gasteiger partial charge in [-0.15, -0.1) is 0 Å². The van der Waals surface area contributed by atoms with E-state index < -0.39 is 0 Å². The molecule has 3 nitrogen and oxygen atoms in total. The van der Waals surface area contributed by atoms with Gasteiger partial charge in [0, 0.05) is 37.6 Å². The number of para-hydroxylation sites is 1. The summed E-state index contributed by atoms with van der Waals surface area (Å²) in [6.07, 6.45) is 1.02. The largest absolute Gasteiger partial charge is 0.493 e. The van der Waals surface area contributed by atoms with Gasteiger partial charge in [-0.3, -0.25) is 0 Å². The molecule has 2 aromatic carbocycles. The lowest BCUT2D eigenvalue weighted by Crippen LogP contribution is -2.08. The number of ether oxygens (including phenoxy) is 1. The Hall–Kier alpha value is -2.16. The van der Waals surface area contributed by atoms with Crippen molar-refractivity contribution >= 4 is 11.4 Å².